The van der Waals surface area contributed by atoms with Gasteiger partial charge in [-0.25, -0.2) is 0 Å². The zero-order valence-corrected chi connectivity index (χ0v) is 7.44. The van der Waals surface area contributed by atoms with Gasteiger partial charge in [-0.1, -0.05) is 13.8 Å². The van der Waals surface area contributed by atoms with Crippen LogP contribution in [0.4, 0.5) is 0 Å². The smallest absolute Gasteiger partial charge is 0.284 e. The van der Waals surface area contributed by atoms with Gasteiger partial charge in [0.1, 0.15) is 5.76 Å². The topological polar surface area (TPSA) is 58.0 Å². The molecule has 0 saturated heterocycles. The van der Waals surface area contributed by atoms with Crippen molar-refractivity contribution in [3.8, 4) is 0 Å². The summed E-state index contributed by atoms with van der Waals surface area (Å²) in [6, 6.07) is 0. The lowest BCUT2D eigenvalue weighted by atomic mass is 10.1. The monoisotopic (exact) mass is 170 g/mol. The first-order valence-corrected chi connectivity index (χ1v) is 4.28. The first-order valence-electron chi connectivity index (χ1n) is 4.28. The molecule has 0 radical (unpaired) electrons. The van der Waals surface area contributed by atoms with Gasteiger partial charge in [0, 0.05) is 19.5 Å². The van der Waals surface area contributed by atoms with Crippen LogP contribution < -0.4 is 10.9 Å². The van der Waals surface area contributed by atoms with Crippen molar-refractivity contribution in [2.45, 2.75) is 26.8 Å². The van der Waals surface area contributed by atoms with Gasteiger partial charge in [0.2, 0.25) is 0 Å². The van der Waals surface area contributed by atoms with Gasteiger partial charge in [0.05, 0.1) is 5.56 Å². The molecule has 0 spiro atoms. The highest BCUT2D eigenvalue weighted by Crippen LogP contribution is 2.06. The summed E-state index contributed by atoms with van der Waals surface area (Å²) in [5.74, 6) is 0.809. The first kappa shape index (κ1) is 9.06. The highest BCUT2D eigenvalue weighted by molar-refractivity contribution is 5.15. The number of nitrogens with one attached hydrogen (secondary N) is 2. The summed E-state index contributed by atoms with van der Waals surface area (Å²) in [6.07, 6.45) is 0.814. The molecule has 0 atom stereocenters. The van der Waals surface area contributed by atoms with Crippen LogP contribution in [-0.4, -0.2) is 11.7 Å². The van der Waals surface area contributed by atoms with Crippen molar-refractivity contribution in [1.29, 1.82) is 0 Å². The fourth-order valence-electron chi connectivity index (χ4n) is 1.15. The van der Waals surface area contributed by atoms with Crippen LogP contribution in [0.3, 0.4) is 0 Å². The molecule has 0 fully saturated rings. The quantitative estimate of drug-likeness (QED) is 0.600. The van der Waals surface area contributed by atoms with E-state index < -0.39 is 0 Å². The molecule has 12 heavy (non-hydrogen) atoms. The predicted molar refractivity (Wildman–Crippen MR) is 46.1 cm³/mol. The van der Waals surface area contributed by atoms with Crippen LogP contribution in [0.5, 0.6) is 0 Å². The Morgan fingerprint density at radius 2 is 2.17 bits per heavy atom. The van der Waals surface area contributed by atoms with E-state index in [1.165, 1.54) is 0 Å². The number of aromatic nitrogens is 1. The number of hydrogen-bond acceptors (Lipinski definition) is 3. The molecule has 0 amide bonds. The van der Waals surface area contributed by atoms with Gasteiger partial charge in [-0.2, -0.15) is 5.16 Å². The molecule has 68 valence electrons. The van der Waals surface area contributed by atoms with Crippen molar-refractivity contribution < 1.29 is 4.52 Å². The molecule has 2 heterocycles. The van der Waals surface area contributed by atoms with Crippen LogP contribution in [0.15, 0.2) is 9.32 Å². The third-order valence-corrected chi connectivity index (χ3v) is 1.71. The lowest BCUT2D eigenvalue weighted by Crippen LogP contribution is -2.26. The van der Waals surface area contributed by atoms with Gasteiger partial charge in [0.15, 0.2) is 0 Å². The van der Waals surface area contributed by atoms with Crippen molar-refractivity contribution in [2.75, 3.05) is 6.54 Å². The van der Waals surface area contributed by atoms with E-state index in [0.717, 1.165) is 24.3 Å². The first-order chi connectivity index (χ1) is 5.88. The Labute approximate surface area is 70.9 Å². The second-order valence-electron chi connectivity index (χ2n) is 2.36. The summed E-state index contributed by atoms with van der Waals surface area (Å²) in [7, 11) is 0. The molecule has 4 nitrogen and oxygen atoms in total. The van der Waals surface area contributed by atoms with Gasteiger partial charge in [-0.3, -0.25) is 4.79 Å². The van der Waals surface area contributed by atoms with E-state index in [-0.39, 0.29) is 5.56 Å². The number of rotatable bonds is 0. The summed E-state index contributed by atoms with van der Waals surface area (Å²) >= 11 is 0. The molecule has 1 aliphatic heterocycles. The Hall–Kier alpha value is -1.03. The predicted octanol–water partition coefficient (Wildman–Crippen LogP) is 0.640. The Kier molecular flexibility index (Phi) is 3.10. The lowest BCUT2D eigenvalue weighted by Gasteiger charge is -2.07. The zero-order chi connectivity index (χ0) is 8.97. The van der Waals surface area contributed by atoms with Crippen molar-refractivity contribution in [3.63, 3.8) is 0 Å². The second kappa shape index (κ2) is 4.11. The number of hydrogen-bond donors (Lipinski definition) is 2. The van der Waals surface area contributed by atoms with Crippen LogP contribution in [0.25, 0.3) is 0 Å². The molecule has 0 saturated carbocycles. The van der Waals surface area contributed by atoms with Gasteiger partial charge < -0.3 is 9.84 Å². The maximum absolute atomic E-state index is 10.9. The Balaban J connectivity index is 0.000000336. The van der Waals surface area contributed by atoms with Crippen LogP contribution in [0.1, 0.15) is 25.2 Å². The number of H-pyrrole nitrogens is 1. The van der Waals surface area contributed by atoms with Crippen molar-refractivity contribution in [1.82, 2.24) is 10.5 Å². The normalized spacial score (nSPS) is 14.5. The van der Waals surface area contributed by atoms with Crippen LogP contribution in [0, 0.1) is 0 Å². The number of aromatic amines is 1. The van der Waals surface area contributed by atoms with E-state index in [0.29, 0.717) is 6.54 Å². The zero-order valence-electron chi connectivity index (χ0n) is 7.44. The third kappa shape index (κ3) is 1.58. The van der Waals surface area contributed by atoms with Gasteiger partial charge >= 0.3 is 0 Å². The van der Waals surface area contributed by atoms with E-state index in [2.05, 4.69) is 10.5 Å². The summed E-state index contributed by atoms with van der Waals surface area (Å²) in [4.78, 5) is 10.9. The molecule has 2 rings (SSSR count). The van der Waals surface area contributed by atoms with Gasteiger partial charge in [0.25, 0.3) is 5.56 Å². The summed E-state index contributed by atoms with van der Waals surface area (Å²) < 4.78 is 4.91. The van der Waals surface area contributed by atoms with Gasteiger partial charge in [-0.15, -0.1) is 0 Å². The SMILES string of the molecule is CC.O=c1[nH]oc2c1CNCC2. The summed E-state index contributed by atoms with van der Waals surface area (Å²) in [5.41, 5.74) is 0.661. The molecule has 1 aliphatic rings. The van der Waals surface area contributed by atoms with Crippen molar-refractivity contribution in [3.05, 3.63) is 21.7 Å². The van der Waals surface area contributed by atoms with E-state index in [4.69, 9.17) is 4.52 Å². The maximum Gasteiger partial charge on any atom is 0.284 e. The fourth-order valence-corrected chi connectivity index (χ4v) is 1.15. The van der Waals surface area contributed by atoms with E-state index >= 15 is 0 Å². The standard InChI is InChI=1S/C6H8N2O2.C2H6/c9-6-4-3-7-2-1-5(4)10-8-6;1-2/h7H,1-3H2,(H,8,9);1-2H3. The molecule has 0 aromatic carbocycles. The molecule has 0 unspecified atom stereocenters. The molecule has 1 aromatic heterocycles. The molecule has 0 aliphatic carbocycles. The minimum atomic E-state index is -0.0952. The highest BCUT2D eigenvalue weighted by Gasteiger charge is 2.15. The summed E-state index contributed by atoms with van der Waals surface area (Å²) in [6.45, 7) is 5.54. The van der Waals surface area contributed by atoms with Gasteiger partial charge in [-0.05, 0) is 0 Å². The molecular formula is C8H14N2O2. The average molecular weight is 170 g/mol. The summed E-state index contributed by atoms with van der Waals surface area (Å²) in [5, 5.41) is 5.40. The molecule has 0 bridgehead atoms. The minimum absolute atomic E-state index is 0.0952. The third-order valence-electron chi connectivity index (χ3n) is 1.71. The molecule has 4 heteroatoms. The second-order valence-corrected chi connectivity index (χ2v) is 2.36. The highest BCUT2D eigenvalue weighted by atomic mass is 16.5. The van der Waals surface area contributed by atoms with E-state index in [9.17, 15) is 4.79 Å². The fraction of sp³-hybridized carbons (Fsp3) is 0.625. The van der Waals surface area contributed by atoms with Crippen LogP contribution >= 0.6 is 0 Å². The number of fused-ring (bicyclic) bond motifs is 1. The average Bonchev–Trinajstić information content (AvgIpc) is 2.53. The Morgan fingerprint density at radius 1 is 1.42 bits per heavy atom. The Morgan fingerprint density at radius 3 is 2.83 bits per heavy atom. The van der Waals surface area contributed by atoms with Crippen LogP contribution in [-0.2, 0) is 13.0 Å². The van der Waals surface area contributed by atoms with E-state index in [1.54, 1.807) is 0 Å². The van der Waals surface area contributed by atoms with E-state index in [1.807, 2.05) is 13.8 Å². The largest absolute Gasteiger partial charge is 0.383 e. The van der Waals surface area contributed by atoms with Crippen molar-refractivity contribution >= 4 is 0 Å². The maximum atomic E-state index is 10.9. The Bertz CT molecular complexity index is 287. The molecule has 2 N–H and O–H groups in total. The van der Waals surface area contributed by atoms with Crippen LogP contribution in [0.2, 0.25) is 0 Å². The minimum Gasteiger partial charge on any atom is -0.383 e. The molecular weight excluding hydrogens is 156 g/mol. The molecule has 1 aromatic rings. The van der Waals surface area contributed by atoms with Crippen molar-refractivity contribution in [2.24, 2.45) is 0 Å². The lowest BCUT2D eigenvalue weighted by molar-refractivity contribution is 0.369.